The van der Waals surface area contributed by atoms with Crippen LogP contribution in [-0.4, -0.2) is 20.9 Å². The number of nitrogens with one attached hydrogen (secondary N) is 3. The lowest BCUT2D eigenvalue weighted by Gasteiger charge is -2.12. The Morgan fingerprint density at radius 2 is 1.86 bits per heavy atom. The Morgan fingerprint density at radius 1 is 1.07 bits per heavy atom. The SMILES string of the molecule is C[C@@H](NCC(=O)Nc1cccc(S(=O)(=O)NCc2ccco2)c1)c1ccco1. The van der Waals surface area contributed by atoms with Gasteiger partial charge in [0, 0.05) is 5.69 Å². The van der Waals surface area contributed by atoms with E-state index < -0.39 is 10.0 Å². The Morgan fingerprint density at radius 3 is 2.57 bits per heavy atom. The molecule has 1 aromatic carbocycles. The van der Waals surface area contributed by atoms with Crippen molar-refractivity contribution in [2.24, 2.45) is 0 Å². The van der Waals surface area contributed by atoms with E-state index in [0.29, 0.717) is 11.4 Å². The van der Waals surface area contributed by atoms with Crippen molar-refractivity contribution in [2.75, 3.05) is 11.9 Å². The van der Waals surface area contributed by atoms with E-state index in [2.05, 4.69) is 15.4 Å². The maximum atomic E-state index is 12.4. The zero-order valence-corrected chi connectivity index (χ0v) is 16.0. The fraction of sp³-hybridized carbons (Fsp3) is 0.211. The van der Waals surface area contributed by atoms with E-state index in [4.69, 9.17) is 8.83 Å². The smallest absolute Gasteiger partial charge is 0.241 e. The average Bonchev–Trinajstić information content (AvgIpc) is 3.38. The molecule has 2 aromatic heterocycles. The van der Waals surface area contributed by atoms with E-state index in [1.165, 1.54) is 18.4 Å². The van der Waals surface area contributed by atoms with Crippen molar-refractivity contribution >= 4 is 21.6 Å². The van der Waals surface area contributed by atoms with E-state index >= 15 is 0 Å². The molecule has 0 aliphatic heterocycles. The van der Waals surface area contributed by atoms with Gasteiger partial charge in [-0.3, -0.25) is 10.1 Å². The monoisotopic (exact) mass is 403 g/mol. The summed E-state index contributed by atoms with van der Waals surface area (Å²) >= 11 is 0. The van der Waals surface area contributed by atoms with Gasteiger partial charge in [-0.2, -0.15) is 0 Å². The molecule has 0 saturated heterocycles. The van der Waals surface area contributed by atoms with Gasteiger partial charge >= 0.3 is 0 Å². The fourth-order valence-electron chi connectivity index (χ4n) is 2.49. The number of furan rings is 2. The van der Waals surface area contributed by atoms with E-state index in [9.17, 15) is 13.2 Å². The number of benzene rings is 1. The molecule has 0 fully saturated rings. The minimum atomic E-state index is -3.74. The molecule has 148 valence electrons. The number of carbonyl (C=O) groups excluding carboxylic acids is 1. The van der Waals surface area contributed by atoms with Crippen LogP contribution in [0.15, 0.2) is 74.8 Å². The Labute approximate surface area is 163 Å². The van der Waals surface area contributed by atoms with Crippen molar-refractivity contribution in [1.82, 2.24) is 10.0 Å². The highest BCUT2D eigenvalue weighted by Crippen LogP contribution is 2.16. The number of carbonyl (C=O) groups is 1. The first-order chi connectivity index (χ1) is 13.4. The number of amides is 1. The van der Waals surface area contributed by atoms with Gasteiger partial charge in [0.1, 0.15) is 11.5 Å². The highest BCUT2D eigenvalue weighted by Gasteiger charge is 2.16. The van der Waals surface area contributed by atoms with Crippen molar-refractivity contribution in [2.45, 2.75) is 24.4 Å². The molecule has 9 heteroatoms. The number of hydrogen-bond donors (Lipinski definition) is 3. The molecule has 2 heterocycles. The standard InChI is InChI=1S/C19H21N3O5S/c1-14(18-8-4-10-27-18)20-13-19(23)22-15-5-2-7-17(11-15)28(24,25)21-12-16-6-3-9-26-16/h2-11,14,20-21H,12-13H2,1H3,(H,22,23)/t14-/m1/s1. The first kappa shape index (κ1) is 19.9. The van der Waals surface area contributed by atoms with Gasteiger partial charge in [-0.15, -0.1) is 0 Å². The number of hydrogen-bond acceptors (Lipinski definition) is 6. The number of rotatable bonds is 9. The van der Waals surface area contributed by atoms with Crippen LogP contribution in [0.1, 0.15) is 24.5 Å². The van der Waals surface area contributed by atoms with Gasteiger partial charge in [-0.1, -0.05) is 6.07 Å². The zero-order chi connectivity index (χ0) is 20.0. The highest BCUT2D eigenvalue weighted by molar-refractivity contribution is 7.89. The minimum absolute atomic E-state index is 0.0422. The van der Waals surface area contributed by atoms with Crippen molar-refractivity contribution in [3.63, 3.8) is 0 Å². The summed E-state index contributed by atoms with van der Waals surface area (Å²) < 4.78 is 37.7. The molecule has 0 aliphatic rings. The summed E-state index contributed by atoms with van der Waals surface area (Å²) in [4.78, 5) is 12.2. The molecule has 1 atom stereocenters. The maximum Gasteiger partial charge on any atom is 0.241 e. The van der Waals surface area contributed by atoms with Crippen LogP contribution in [0, 0.1) is 0 Å². The minimum Gasteiger partial charge on any atom is -0.468 e. The second-order valence-corrected chi connectivity index (χ2v) is 7.86. The van der Waals surface area contributed by atoms with Crippen molar-refractivity contribution in [3.05, 3.63) is 72.6 Å². The molecule has 3 rings (SSSR count). The van der Waals surface area contributed by atoms with E-state index in [1.54, 1.807) is 36.6 Å². The van der Waals surface area contributed by atoms with Crippen molar-refractivity contribution in [1.29, 1.82) is 0 Å². The molecule has 3 N–H and O–H groups in total. The first-order valence-corrected chi connectivity index (χ1v) is 10.1. The van der Waals surface area contributed by atoms with Gasteiger partial charge in [0.25, 0.3) is 0 Å². The molecule has 0 spiro atoms. The largest absolute Gasteiger partial charge is 0.468 e. The van der Waals surface area contributed by atoms with Crippen LogP contribution in [0.5, 0.6) is 0 Å². The third-order valence-electron chi connectivity index (χ3n) is 3.98. The molecule has 0 saturated carbocycles. The predicted octanol–water partition coefficient (Wildman–Crippen LogP) is 2.64. The van der Waals surface area contributed by atoms with Gasteiger partial charge in [0.15, 0.2) is 0 Å². The van der Waals surface area contributed by atoms with E-state index in [0.717, 1.165) is 5.76 Å². The van der Waals surface area contributed by atoms with Crippen LogP contribution < -0.4 is 15.4 Å². The topological polar surface area (TPSA) is 114 Å². The predicted molar refractivity (Wildman–Crippen MR) is 103 cm³/mol. The maximum absolute atomic E-state index is 12.4. The molecular weight excluding hydrogens is 382 g/mol. The Bertz CT molecular complexity index is 998. The third kappa shape index (κ3) is 5.32. The second-order valence-electron chi connectivity index (χ2n) is 6.10. The van der Waals surface area contributed by atoms with Crippen LogP contribution in [0.25, 0.3) is 0 Å². The van der Waals surface area contributed by atoms with Crippen LogP contribution in [0.2, 0.25) is 0 Å². The lowest BCUT2D eigenvalue weighted by atomic mass is 10.2. The Balaban J connectivity index is 1.57. The summed E-state index contributed by atoms with van der Waals surface area (Å²) in [6, 6.07) is 12.9. The van der Waals surface area contributed by atoms with Crippen LogP contribution in [0.3, 0.4) is 0 Å². The quantitative estimate of drug-likeness (QED) is 0.506. The summed E-state index contributed by atoms with van der Waals surface area (Å²) in [6.45, 7) is 1.97. The number of anilines is 1. The number of sulfonamides is 1. The molecule has 0 radical (unpaired) electrons. The summed E-state index contributed by atoms with van der Waals surface area (Å²) in [5, 5.41) is 5.72. The van der Waals surface area contributed by atoms with Gasteiger partial charge < -0.3 is 14.2 Å². The van der Waals surface area contributed by atoms with Gasteiger partial charge in [0.2, 0.25) is 15.9 Å². The summed E-state index contributed by atoms with van der Waals surface area (Å²) in [5.41, 5.74) is 0.387. The van der Waals surface area contributed by atoms with Gasteiger partial charge in [0.05, 0.1) is 36.6 Å². The highest BCUT2D eigenvalue weighted by atomic mass is 32.2. The molecule has 0 aliphatic carbocycles. The van der Waals surface area contributed by atoms with Gasteiger partial charge in [-0.25, -0.2) is 13.1 Å². The van der Waals surface area contributed by atoms with Crippen molar-refractivity contribution in [3.8, 4) is 0 Å². The van der Waals surface area contributed by atoms with Crippen LogP contribution >= 0.6 is 0 Å². The Kier molecular flexibility index (Phi) is 6.30. The lowest BCUT2D eigenvalue weighted by molar-refractivity contribution is -0.115. The first-order valence-electron chi connectivity index (χ1n) is 8.63. The van der Waals surface area contributed by atoms with Crippen LogP contribution in [0.4, 0.5) is 5.69 Å². The average molecular weight is 403 g/mol. The summed E-state index contributed by atoms with van der Waals surface area (Å²) in [7, 11) is -3.74. The summed E-state index contributed by atoms with van der Waals surface area (Å²) in [6.07, 6.45) is 3.04. The normalized spacial score (nSPS) is 12.6. The van der Waals surface area contributed by atoms with E-state index in [-0.39, 0.29) is 29.9 Å². The fourth-order valence-corrected chi connectivity index (χ4v) is 3.53. The molecule has 0 unspecified atom stereocenters. The zero-order valence-electron chi connectivity index (χ0n) is 15.2. The van der Waals surface area contributed by atoms with Gasteiger partial charge in [-0.05, 0) is 49.4 Å². The Hall–Kier alpha value is -2.88. The van der Waals surface area contributed by atoms with E-state index in [1.807, 2.05) is 13.0 Å². The summed E-state index contributed by atoms with van der Waals surface area (Å²) in [5.74, 6) is 0.935. The van der Waals surface area contributed by atoms with Crippen LogP contribution in [-0.2, 0) is 21.4 Å². The molecule has 28 heavy (non-hydrogen) atoms. The molecule has 8 nitrogen and oxygen atoms in total. The molecule has 3 aromatic rings. The third-order valence-corrected chi connectivity index (χ3v) is 5.38. The molecule has 1 amide bonds. The lowest BCUT2D eigenvalue weighted by Crippen LogP contribution is -2.30. The molecular formula is C19H21N3O5S. The molecule has 0 bridgehead atoms. The second kappa shape index (κ2) is 8.87. The van der Waals surface area contributed by atoms with Crippen molar-refractivity contribution < 1.29 is 22.0 Å².